The third-order valence-electron chi connectivity index (χ3n) is 5.99. The van der Waals surface area contributed by atoms with Crippen LogP contribution in [-0.2, 0) is 10.9 Å². The van der Waals surface area contributed by atoms with E-state index in [9.17, 15) is 18.0 Å². The number of amides is 1. The second kappa shape index (κ2) is 13.0. The van der Waals surface area contributed by atoms with Crippen molar-refractivity contribution in [2.45, 2.75) is 84.0 Å². The summed E-state index contributed by atoms with van der Waals surface area (Å²) in [5.74, 6) is 0.290. The number of aromatic nitrogens is 2. The van der Waals surface area contributed by atoms with E-state index >= 15 is 0 Å². The number of allylic oxidation sites excluding steroid dienone is 1. The van der Waals surface area contributed by atoms with Crippen molar-refractivity contribution in [3.63, 3.8) is 0 Å². The summed E-state index contributed by atoms with van der Waals surface area (Å²) in [7, 11) is 0. The van der Waals surface area contributed by atoms with E-state index in [-0.39, 0.29) is 35.7 Å². The van der Waals surface area contributed by atoms with Crippen molar-refractivity contribution >= 4 is 6.09 Å². The molecule has 1 aliphatic rings. The van der Waals surface area contributed by atoms with Gasteiger partial charge < -0.3 is 18.9 Å². The van der Waals surface area contributed by atoms with Gasteiger partial charge in [-0.2, -0.15) is 18.2 Å². The van der Waals surface area contributed by atoms with Gasteiger partial charge in [0.05, 0.1) is 5.56 Å². The second-order valence-corrected chi connectivity index (χ2v) is 10.4. The van der Waals surface area contributed by atoms with Gasteiger partial charge in [0.15, 0.2) is 0 Å². The molecular formula is C28H37F3N4O4. The Hall–Kier alpha value is -3.50. The molecule has 1 aromatic heterocycles. The molecule has 0 spiro atoms. The van der Waals surface area contributed by atoms with Gasteiger partial charge in [0.1, 0.15) is 29.8 Å². The number of halogens is 3. The zero-order valence-electron chi connectivity index (χ0n) is 22.9. The van der Waals surface area contributed by atoms with Crippen LogP contribution in [-0.4, -0.2) is 39.9 Å². The van der Waals surface area contributed by atoms with E-state index in [4.69, 9.17) is 14.0 Å². The molecule has 1 amide bonds. The van der Waals surface area contributed by atoms with Crippen LogP contribution >= 0.6 is 0 Å². The van der Waals surface area contributed by atoms with Gasteiger partial charge in [0, 0.05) is 12.1 Å². The molecular weight excluding hydrogens is 513 g/mol. The minimum Gasteiger partial charge on any atom is -0.489 e. The Morgan fingerprint density at radius 3 is 2.72 bits per heavy atom. The van der Waals surface area contributed by atoms with Crippen LogP contribution in [0.2, 0.25) is 0 Å². The average Bonchev–Trinajstić information content (AvgIpc) is 3.51. The topological polar surface area (TPSA) is 89.7 Å². The van der Waals surface area contributed by atoms with Crippen molar-refractivity contribution < 1.29 is 32.0 Å². The number of hydrogen-bond acceptors (Lipinski definition) is 7. The molecule has 39 heavy (non-hydrogen) atoms. The normalized spacial score (nSPS) is 16.1. The SMILES string of the molecule is C=C(NC(=O)OC(C)(C)C)N1CCC[C@H]1c1nc(-c2ccc(OC/C=C/CCCCC)c(C(F)(F)F)c2)no1. The minimum absolute atomic E-state index is 0.0235. The number of carbonyl (C=O) groups is 1. The summed E-state index contributed by atoms with van der Waals surface area (Å²) >= 11 is 0. The summed E-state index contributed by atoms with van der Waals surface area (Å²) < 4.78 is 57.6. The molecule has 0 radical (unpaired) electrons. The zero-order chi connectivity index (χ0) is 28.6. The number of alkyl halides is 3. The predicted octanol–water partition coefficient (Wildman–Crippen LogP) is 7.40. The molecule has 0 saturated carbocycles. The summed E-state index contributed by atoms with van der Waals surface area (Å²) in [6.07, 6.45) is 3.91. The molecule has 1 aromatic carbocycles. The van der Waals surface area contributed by atoms with Crippen molar-refractivity contribution in [2.24, 2.45) is 0 Å². The smallest absolute Gasteiger partial charge is 0.419 e. The number of rotatable bonds is 11. The minimum atomic E-state index is -4.63. The number of nitrogens with one attached hydrogen (secondary N) is 1. The zero-order valence-corrected chi connectivity index (χ0v) is 22.9. The van der Waals surface area contributed by atoms with Gasteiger partial charge in [-0.05, 0) is 64.7 Å². The third-order valence-corrected chi connectivity index (χ3v) is 5.99. The van der Waals surface area contributed by atoms with Gasteiger partial charge in [0.25, 0.3) is 0 Å². The van der Waals surface area contributed by atoms with E-state index < -0.39 is 23.4 Å². The first-order valence-electron chi connectivity index (χ1n) is 13.2. The van der Waals surface area contributed by atoms with Gasteiger partial charge in [0.2, 0.25) is 11.7 Å². The predicted molar refractivity (Wildman–Crippen MR) is 141 cm³/mol. The lowest BCUT2D eigenvalue weighted by molar-refractivity contribution is -0.138. The number of hydrogen-bond donors (Lipinski definition) is 1. The number of ether oxygens (including phenoxy) is 2. The van der Waals surface area contributed by atoms with E-state index in [0.717, 1.165) is 38.2 Å². The lowest BCUT2D eigenvalue weighted by atomic mass is 10.1. The van der Waals surface area contributed by atoms with Crippen LogP contribution in [0.25, 0.3) is 11.4 Å². The molecule has 1 N–H and O–H groups in total. The number of nitrogens with zero attached hydrogens (tertiary/aromatic N) is 3. The highest BCUT2D eigenvalue weighted by molar-refractivity contribution is 5.69. The monoisotopic (exact) mass is 550 g/mol. The maximum Gasteiger partial charge on any atom is 0.419 e. The van der Waals surface area contributed by atoms with E-state index in [2.05, 4.69) is 29.0 Å². The van der Waals surface area contributed by atoms with Gasteiger partial charge in [-0.1, -0.05) is 43.7 Å². The van der Waals surface area contributed by atoms with Crippen molar-refractivity contribution in [1.29, 1.82) is 0 Å². The quantitative estimate of drug-likeness (QED) is 0.230. The van der Waals surface area contributed by atoms with E-state index in [1.54, 1.807) is 31.7 Å². The first-order chi connectivity index (χ1) is 18.4. The summed E-state index contributed by atoms with van der Waals surface area (Å²) in [5, 5.41) is 6.54. The van der Waals surface area contributed by atoms with Crippen LogP contribution in [0.4, 0.5) is 18.0 Å². The maximum atomic E-state index is 13.8. The van der Waals surface area contributed by atoms with E-state index in [1.807, 2.05) is 6.08 Å². The molecule has 1 saturated heterocycles. The highest BCUT2D eigenvalue weighted by Gasteiger charge is 2.36. The van der Waals surface area contributed by atoms with Crippen molar-refractivity contribution in [1.82, 2.24) is 20.4 Å². The largest absolute Gasteiger partial charge is 0.489 e. The van der Waals surface area contributed by atoms with Crippen LogP contribution < -0.4 is 10.1 Å². The Morgan fingerprint density at radius 2 is 2.03 bits per heavy atom. The Labute approximate surface area is 227 Å². The molecule has 214 valence electrons. The van der Waals surface area contributed by atoms with Crippen molar-refractivity contribution in [2.75, 3.05) is 13.2 Å². The number of benzene rings is 1. The van der Waals surface area contributed by atoms with Crippen molar-refractivity contribution in [3.8, 4) is 17.1 Å². The van der Waals surface area contributed by atoms with Crippen LogP contribution in [0, 0.1) is 0 Å². The van der Waals surface area contributed by atoms with Gasteiger partial charge >= 0.3 is 12.3 Å². The highest BCUT2D eigenvalue weighted by Crippen LogP contribution is 2.39. The molecule has 1 fully saturated rings. The number of likely N-dealkylation sites (tertiary alicyclic amines) is 1. The summed E-state index contributed by atoms with van der Waals surface area (Å²) in [6, 6.07) is 3.32. The fraction of sp³-hybridized carbons (Fsp3) is 0.536. The Balaban J connectivity index is 1.71. The first-order valence-corrected chi connectivity index (χ1v) is 13.2. The third kappa shape index (κ3) is 8.76. The number of alkyl carbamates (subject to hydrolysis) is 1. The Bertz CT molecular complexity index is 1150. The number of unbranched alkanes of at least 4 members (excludes halogenated alkanes) is 3. The molecule has 0 bridgehead atoms. The highest BCUT2D eigenvalue weighted by atomic mass is 19.4. The van der Waals surface area contributed by atoms with Crippen LogP contribution in [0.1, 0.15) is 83.7 Å². The average molecular weight is 551 g/mol. The van der Waals surface area contributed by atoms with Gasteiger partial charge in [-0.15, -0.1) is 0 Å². The van der Waals surface area contributed by atoms with Crippen LogP contribution in [0.5, 0.6) is 5.75 Å². The maximum absolute atomic E-state index is 13.8. The lowest BCUT2D eigenvalue weighted by Crippen LogP contribution is -2.37. The van der Waals surface area contributed by atoms with E-state index in [1.165, 1.54) is 12.1 Å². The van der Waals surface area contributed by atoms with Crippen LogP contribution in [0.15, 0.2) is 47.3 Å². The molecule has 0 aliphatic carbocycles. The van der Waals surface area contributed by atoms with Crippen LogP contribution in [0.3, 0.4) is 0 Å². The van der Waals surface area contributed by atoms with Gasteiger partial charge in [-0.25, -0.2) is 4.79 Å². The summed E-state index contributed by atoms with van der Waals surface area (Å²) in [5.41, 5.74) is -1.44. The van der Waals surface area contributed by atoms with Gasteiger partial charge in [-0.3, -0.25) is 5.32 Å². The molecule has 8 nitrogen and oxygen atoms in total. The molecule has 3 rings (SSSR count). The van der Waals surface area contributed by atoms with Crippen molar-refractivity contribution in [3.05, 3.63) is 54.2 Å². The first kappa shape index (κ1) is 30.0. The fourth-order valence-electron chi connectivity index (χ4n) is 4.18. The fourth-order valence-corrected chi connectivity index (χ4v) is 4.18. The molecule has 0 unspecified atom stereocenters. The summed E-state index contributed by atoms with van der Waals surface area (Å²) in [6.45, 7) is 11.9. The molecule has 2 heterocycles. The molecule has 1 atom stereocenters. The Kier molecular flexibility index (Phi) is 10.0. The molecule has 11 heteroatoms. The lowest BCUT2D eigenvalue weighted by Gasteiger charge is -2.27. The molecule has 2 aromatic rings. The number of carbonyl (C=O) groups excluding carboxylic acids is 1. The van der Waals surface area contributed by atoms with E-state index in [0.29, 0.717) is 18.8 Å². The summed E-state index contributed by atoms with van der Waals surface area (Å²) in [4.78, 5) is 18.3. The Morgan fingerprint density at radius 1 is 1.26 bits per heavy atom. The molecule has 1 aliphatic heterocycles. The standard InChI is InChI=1S/C28H37F3N4O4/c1-6-7-8-9-10-11-17-37-23-15-14-20(18-21(23)28(29,30)31)24-33-25(39-34-24)22-13-12-16-35(22)19(2)32-26(36)38-27(3,4)5/h10-11,14-15,18,22H,2,6-9,12-13,16-17H2,1,3-5H3,(H,32,36)/b11-10+/t22-/m0/s1. The second-order valence-electron chi connectivity index (χ2n) is 10.4.